The first-order valence-corrected chi connectivity index (χ1v) is 5.59. The number of alkyl halides is 3. The molecule has 2 rings (SSSR count). The average Bonchev–Trinajstić information content (AvgIpc) is 2.38. The molecule has 0 unspecified atom stereocenters. The van der Waals surface area contributed by atoms with Crippen LogP contribution in [0, 0.1) is 6.92 Å². The molecule has 0 bridgehead atoms. The third-order valence-electron chi connectivity index (χ3n) is 2.86. The molecule has 2 aromatic rings. The highest BCUT2D eigenvalue weighted by Crippen LogP contribution is 2.38. The standard InChI is InChI=1S/C15H10F3O/c1-10-7-13(11-5-3-2-4-6-11)14(15(16,17)18)8-12(10)9-19/h2-8H,1H3. The van der Waals surface area contributed by atoms with Crippen molar-refractivity contribution in [3.63, 3.8) is 0 Å². The molecule has 0 aliphatic carbocycles. The zero-order valence-electron chi connectivity index (χ0n) is 10.1. The lowest BCUT2D eigenvalue weighted by atomic mass is 9.94. The van der Waals surface area contributed by atoms with E-state index >= 15 is 0 Å². The Morgan fingerprint density at radius 3 is 2.21 bits per heavy atom. The first-order valence-electron chi connectivity index (χ1n) is 5.59. The normalized spacial score (nSPS) is 11.4. The van der Waals surface area contributed by atoms with Gasteiger partial charge in [-0.1, -0.05) is 36.4 Å². The summed E-state index contributed by atoms with van der Waals surface area (Å²) in [5, 5.41) is 0. The van der Waals surface area contributed by atoms with Crippen molar-refractivity contribution in [3.8, 4) is 11.1 Å². The molecule has 1 nitrogen and oxygen atoms in total. The maximum Gasteiger partial charge on any atom is 0.417 e. The Hall–Kier alpha value is -2.10. The predicted octanol–water partition coefficient (Wildman–Crippen LogP) is 4.14. The van der Waals surface area contributed by atoms with Gasteiger partial charge in [0.05, 0.1) is 5.56 Å². The number of hydrogen-bond acceptors (Lipinski definition) is 1. The second-order valence-corrected chi connectivity index (χ2v) is 4.18. The third kappa shape index (κ3) is 2.67. The summed E-state index contributed by atoms with van der Waals surface area (Å²) < 4.78 is 39.2. The minimum absolute atomic E-state index is 0.0630. The molecule has 0 atom stereocenters. The van der Waals surface area contributed by atoms with Crippen LogP contribution in [-0.2, 0) is 11.0 Å². The molecule has 0 heterocycles. The van der Waals surface area contributed by atoms with E-state index in [4.69, 9.17) is 0 Å². The lowest BCUT2D eigenvalue weighted by molar-refractivity contribution is -0.137. The fraction of sp³-hybridized carbons (Fsp3) is 0.133. The molecule has 19 heavy (non-hydrogen) atoms. The summed E-state index contributed by atoms with van der Waals surface area (Å²) in [6.07, 6.45) is -2.97. The van der Waals surface area contributed by atoms with Gasteiger partial charge in [-0.05, 0) is 29.7 Å². The molecule has 0 aromatic heterocycles. The van der Waals surface area contributed by atoms with Gasteiger partial charge < -0.3 is 0 Å². The van der Waals surface area contributed by atoms with E-state index in [2.05, 4.69) is 0 Å². The van der Waals surface area contributed by atoms with E-state index in [-0.39, 0.29) is 11.1 Å². The molecule has 0 spiro atoms. The molecule has 97 valence electrons. The van der Waals surface area contributed by atoms with Crippen LogP contribution in [0.4, 0.5) is 13.2 Å². The summed E-state index contributed by atoms with van der Waals surface area (Å²) in [5.41, 5.74) is 0.136. The van der Waals surface area contributed by atoms with Crippen LogP contribution in [0.2, 0.25) is 0 Å². The lowest BCUT2D eigenvalue weighted by Gasteiger charge is -2.15. The number of aryl methyl sites for hydroxylation is 1. The fourth-order valence-corrected chi connectivity index (χ4v) is 1.91. The van der Waals surface area contributed by atoms with Gasteiger partial charge in [0.25, 0.3) is 0 Å². The maximum atomic E-state index is 13.1. The number of hydrogen-bond donors (Lipinski definition) is 0. The van der Waals surface area contributed by atoms with Gasteiger partial charge in [0.15, 0.2) is 0 Å². The molecule has 0 fully saturated rings. The van der Waals surface area contributed by atoms with Gasteiger partial charge in [-0.2, -0.15) is 13.2 Å². The van der Waals surface area contributed by atoms with E-state index in [9.17, 15) is 18.0 Å². The van der Waals surface area contributed by atoms with E-state index in [1.807, 2.05) is 0 Å². The molecule has 4 heteroatoms. The van der Waals surface area contributed by atoms with E-state index in [1.54, 1.807) is 37.3 Å². The third-order valence-corrected chi connectivity index (χ3v) is 2.86. The van der Waals surface area contributed by atoms with Crippen molar-refractivity contribution >= 4 is 6.29 Å². The SMILES string of the molecule is Cc1cc(-c2ccccc2)c(C(F)(F)F)cc1[C]=O. The first-order chi connectivity index (χ1) is 8.93. The van der Waals surface area contributed by atoms with Gasteiger partial charge in [-0.25, -0.2) is 0 Å². The van der Waals surface area contributed by atoms with E-state index < -0.39 is 11.7 Å². The number of benzene rings is 2. The molecule has 0 amide bonds. The Morgan fingerprint density at radius 1 is 1.05 bits per heavy atom. The van der Waals surface area contributed by atoms with Gasteiger partial charge in [-0.3, -0.25) is 4.79 Å². The monoisotopic (exact) mass is 263 g/mol. The maximum absolute atomic E-state index is 13.1. The van der Waals surface area contributed by atoms with Crippen molar-refractivity contribution in [1.82, 2.24) is 0 Å². The highest BCUT2D eigenvalue weighted by molar-refractivity contribution is 5.81. The minimum Gasteiger partial charge on any atom is -0.285 e. The molecule has 0 N–H and O–H groups in total. The Balaban J connectivity index is 2.73. The largest absolute Gasteiger partial charge is 0.417 e. The second kappa shape index (κ2) is 4.88. The zero-order valence-corrected chi connectivity index (χ0v) is 10.1. The van der Waals surface area contributed by atoms with Crippen LogP contribution < -0.4 is 0 Å². The lowest BCUT2D eigenvalue weighted by Crippen LogP contribution is -2.09. The topological polar surface area (TPSA) is 17.1 Å². The average molecular weight is 263 g/mol. The highest BCUT2D eigenvalue weighted by atomic mass is 19.4. The van der Waals surface area contributed by atoms with Crippen LogP contribution in [0.1, 0.15) is 16.7 Å². The molecule has 2 aromatic carbocycles. The predicted molar refractivity (Wildman–Crippen MR) is 66.4 cm³/mol. The highest BCUT2D eigenvalue weighted by Gasteiger charge is 2.34. The number of halogens is 3. The summed E-state index contributed by atoms with van der Waals surface area (Å²) in [7, 11) is 0. The minimum atomic E-state index is -4.51. The van der Waals surface area contributed by atoms with Crippen molar-refractivity contribution in [2.75, 3.05) is 0 Å². The van der Waals surface area contributed by atoms with Crippen LogP contribution in [0.25, 0.3) is 11.1 Å². The first kappa shape index (κ1) is 13.3. The van der Waals surface area contributed by atoms with Crippen LogP contribution >= 0.6 is 0 Å². The van der Waals surface area contributed by atoms with E-state index in [1.165, 1.54) is 12.4 Å². The number of carbonyl (C=O) groups excluding carboxylic acids is 1. The molecule has 0 aliphatic rings. The van der Waals surface area contributed by atoms with Crippen LogP contribution in [-0.4, -0.2) is 6.29 Å². The molecular weight excluding hydrogens is 253 g/mol. The van der Waals surface area contributed by atoms with Crippen LogP contribution in [0.15, 0.2) is 42.5 Å². The van der Waals surface area contributed by atoms with Crippen molar-refractivity contribution < 1.29 is 18.0 Å². The number of rotatable bonds is 2. The van der Waals surface area contributed by atoms with E-state index in [0.717, 1.165) is 6.07 Å². The van der Waals surface area contributed by atoms with Gasteiger partial charge in [0.2, 0.25) is 6.29 Å². The van der Waals surface area contributed by atoms with Crippen LogP contribution in [0.3, 0.4) is 0 Å². The second-order valence-electron chi connectivity index (χ2n) is 4.18. The Bertz CT molecular complexity index is 601. The van der Waals surface area contributed by atoms with Crippen molar-refractivity contribution in [1.29, 1.82) is 0 Å². The van der Waals surface area contributed by atoms with Gasteiger partial charge in [0.1, 0.15) is 0 Å². The Kier molecular flexibility index (Phi) is 3.42. The van der Waals surface area contributed by atoms with Crippen LogP contribution in [0.5, 0.6) is 0 Å². The molecule has 0 aliphatic heterocycles. The fourth-order valence-electron chi connectivity index (χ4n) is 1.91. The van der Waals surface area contributed by atoms with E-state index in [0.29, 0.717) is 11.1 Å². The quantitative estimate of drug-likeness (QED) is 0.795. The Labute approximate surface area is 108 Å². The zero-order chi connectivity index (χ0) is 14.0. The van der Waals surface area contributed by atoms with Crippen molar-refractivity contribution in [2.45, 2.75) is 13.1 Å². The molecular formula is C15H10F3O. The van der Waals surface area contributed by atoms with Crippen molar-refractivity contribution in [3.05, 3.63) is 59.2 Å². The summed E-state index contributed by atoms with van der Waals surface area (Å²) in [5.74, 6) is 0. The summed E-state index contributed by atoms with van der Waals surface area (Å²) in [4.78, 5) is 10.7. The van der Waals surface area contributed by atoms with Gasteiger partial charge in [0, 0.05) is 5.56 Å². The Morgan fingerprint density at radius 2 is 1.68 bits per heavy atom. The smallest absolute Gasteiger partial charge is 0.285 e. The van der Waals surface area contributed by atoms with Gasteiger partial charge in [-0.15, -0.1) is 0 Å². The summed E-state index contributed by atoms with van der Waals surface area (Å²) >= 11 is 0. The summed E-state index contributed by atoms with van der Waals surface area (Å²) in [6, 6.07) is 10.5. The summed E-state index contributed by atoms with van der Waals surface area (Å²) in [6.45, 7) is 1.59. The van der Waals surface area contributed by atoms with Crippen molar-refractivity contribution in [2.24, 2.45) is 0 Å². The molecule has 0 saturated heterocycles. The molecule has 1 radical (unpaired) electrons. The molecule has 0 saturated carbocycles. The van der Waals surface area contributed by atoms with Gasteiger partial charge >= 0.3 is 6.18 Å².